The summed E-state index contributed by atoms with van der Waals surface area (Å²) in [5, 5.41) is 20.2. The molecule has 118 valence electrons. The van der Waals surface area contributed by atoms with Crippen LogP contribution in [0.2, 0.25) is 0 Å². The van der Waals surface area contributed by atoms with Crippen molar-refractivity contribution in [1.82, 2.24) is 4.57 Å². The van der Waals surface area contributed by atoms with E-state index in [1.807, 2.05) is 28.8 Å². The molecule has 1 saturated heterocycles. The average Bonchev–Trinajstić information content (AvgIpc) is 3.27. The Morgan fingerprint density at radius 3 is 2.68 bits per heavy atom. The molecule has 0 saturated carbocycles. The highest BCUT2D eigenvalue weighted by Gasteiger charge is 2.42. The zero-order valence-corrected chi connectivity index (χ0v) is 12.6. The highest BCUT2D eigenvalue weighted by Crippen LogP contribution is 2.37. The second-order valence-corrected chi connectivity index (χ2v) is 6.26. The minimum absolute atomic E-state index is 0.112. The lowest BCUT2D eigenvalue weighted by molar-refractivity contribution is -0.141. The largest absolute Gasteiger partial charge is 0.480 e. The minimum Gasteiger partial charge on any atom is -0.480 e. The van der Waals surface area contributed by atoms with Gasteiger partial charge in [-0.05, 0) is 19.9 Å². The van der Waals surface area contributed by atoms with Crippen molar-refractivity contribution in [3.63, 3.8) is 0 Å². The third-order valence-electron chi connectivity index (χ3n) is 4.43. The SMILES string of the molecule is CC(C)(C1CO1)n1cc(C(O)[C@H](N)C(=O)O)c2ccccc21. The first-order valence-electron chi connectivity index (χ1n) is 7.22. The first-order valence-corrected chi connectivity index (χ1v) is 7.22. The Balaban J connectivity index is 2.14. The molecule has 1 aliphatic heterocycles. The first kappa shape index (κ1) is 15.0. The molecule has 0 aliphatic carbocycles. The van der Waals surface area contributed by atoms with Crippen LogP contribution in [-0.2, 0) is 15.1 Å². The summed E-state index contributed by atoms with van der Waals surface area (Å²) >= 11 is 0. The summed E-state index contributed by atoms with van der Waals surface area (Å²) in [4.78, 5) is 11.1. The van der Waals surface area contributed by atoms with Gasteiger partial charge in [-0.15, -0.1) is 0 Å². The Morgan fingerprint density at radius 1 is 1.45 bits per heavy atom. The zero-order valence-electron chi connectivity index (χ0n) is 12.6. The van der Waals surface area contributed by atoms with Crippen LogP contribution in [0.3, 0.4) is 0 Å². The van der Waals surface area contributed by atoms with Gasteiger partial charge in [0.1, 0.15) is 18.2 Å². The molecule has 0 amide bonds. The number of epoxide rings is 1. The van der Waals surface area contributed by atoms with Gasteiger partial charge in [-0.2, -0.15) is 0 Å². The standard InChI is InChI=1S/C16H20N2O4/c1-16(2,12-8-22-12)18-7-10(14(19)13(17)15(20)21)9-5-3-4-6-11(9)18/h3-7,12-14,19H,8,17H2,1-2H3,(H,20,21)/t12?,13-,14?/m0/s1. The molecule has 0 spiro atoms. The van der Waals surface area contributed by atoms with Gasteiger partial charge in [0, 0.05) is 22.7 Å². The third kappa shape index (κ3) is 2.29. The normalized spacial score (nSPS) is 20.8. The molecule has 3 atom stereocenters. The van der Waals surface area contributed by atoms with E-state index in [1.54, 1.807) is 6.20 Å². The maximum atomic E-state index is 11.1. The van der Waals surface area contributed by atoms with E-state index in [0.717, 1.165) is 10.9 Å². The molecule has 1 aromatic carbocycles. The average molecular weight is 304 g/mol. The highest BCUT2D eigenvalue weighted by atomic mass is 16.6. The zero-order chi connectivity index (χ0) is 16.1. The number of benzene rings is 1. The van der Waals surface area contributed by atoms with Gasteiger partial charge in [0.15, 0.2) is 0 Å². The molecule has 4 N–H and O–H groups in total. The van der Waals surface area contributed by atoms with Gasteiger partial charge in [0.2, 0.25) is 0 Å². The van der Waals surface area contributed by atoms with E-state index < -0.39 is 18.1 Å². The summed E-state index contributed by atoms with van der Waals surface area (Å²) in [6, 6.07) is 6.22. The van der Waals surface area contributed by atoms with Gasteiger partial charge in [0.25, 0.3) is 0 Å². The molecule has 2 heterocycles. The predicted octanol–water partition coefficient (Wildman–Crippen LogP) is 1.22. The molecule has 1 aromatic heterocycles. The number of fused-ring (bicyclic) bond motifs is 1. The number of carbonyl (C=O) groups is 1. The summed E-state index contributed by atoms with van der Waals surface area (Å²) in [5.74, 6) is -1.23. The number of aromatic nitrogens is 1. The summed E-state index contributed by atoms with van der Waals surface area (Å²) in [6.07, 6.45) is 0.640. The van der Waals surface area contributed by atoms with Gasteiger partial charge < -0.3 is 25.3 Å². The summed E-state index contributed by atoms with van der Waals surface area (Å²) in [5.41, 5.74) is 6.76. The van der Waals surface area contributed by atoms with E-state index >= 15 is 0 Å². The molecule has 22 heavy (non-hydrogen) atoms. The smallest absolute Gasteiger partial charge is 0.323 e. The second-order valence-electron chi connectivity index (χ2n) is 6.26. The van der Waals surface area contributed by atoms with E-state index in [1.165, 1.54) is 0 Å². The van der Waals surface area contributed by atoms with Crippen molar-refractivity contribution in [1.29, 1.82) is 0 Å². The number of hydrogen-bond donors (Lipinski definition) is 3. The molecule has 2 unspecified atom stereocenters. The van der Waals surface area contributed by atoms with E-state index in [0.29, 0.717) is 12.2 Å². The van der Waals surface area contributed by atoms with Crippen molar-refractivity contribution in [2.75, 3.05) is 6.61 Å². The van der Waals surface area contributed by atoms with Gasteiger partial charge in [-0.1, -0.05) is 18.2 Å². The number of carboxylic acid groups (broad SMARTS) is 1. The number of nitrogens with two attached hydrogens (primary N) is 1. The predicted molar refractivity (Wildman–Crippen MR) is 81.6 cm³/mol. The van der Waals surface area contributed by atoms with Crippen molar-refractivity contribution in [3.05, 3.63) is 36.0 Å². The van der Waals surface area contributed by atoms with Crippen LogP contribution in [0.5, 0.6) is 0 Å². The third-order valence-corrected chi connectivity index (χ3v) is 4.43. The molecule has 1 aliphatic rings. The quantitative estimate of drug-likeness (QED) is 0.721. The van der Waals surface area contributed by atoms with Crippen LogP contribution in [0.1, 0.15) is 25.5 Å². The fraction of sp³-hybridized carbons (Fsp3) is 0.438. The van der Waals surface area contributed by atoms with Crippen LogP contribution < -0.4 is 5.73 Å². The number of rotatable bonds is 5. The van der Waals surface area contributed by atoms with Crippen molar-refractivity contribution < 1.29 is 19.7 Å². The number of aliphatic carboxylic acids is 1. The van der Waals surface area contributed by atoms with Crippen LogP contribution >= 0.6 is 0 Å². The monoisotopic (exact) mass is 304 g/mol. The van der Waals surface area contributed by atoms with Crippen LogP contribution in [-0.4, -0.2) is 39.5 Å². The molecule has 6 nitrogen and oxygen atoms in total. The van der Waals surface area contributed by atoms with E-state index in [-0.39, 0.29) is 11.6 Å². The fourth-order valence-electron chi connectivity index (χ4n) is 2.86. The van der Waals surface area contributed by atoms with Crippen LogP contribution in [0, 0.1) is 0 Å². The van der Waals surface area contributed by atoms with Gasteiger partial charge in [-0.25, -0.2) is 0 Å². The highest BCUT2D eigenvalue weighted by molar-refractivity contribution is 5.86. The number of hydrogen-bond acceptors (Lipinski definition) is 4. The van der Waals surface area contributed by atoms with E-state index in [2.05, 4.69) is 13.8 Å². The topological polar surface area (TPSA) is 101 Å². The Bertz CT molecular complexity index is 718. The molecule has 1 fully saturated rings. The molecule has 2 aromatic rings. The molecule has 6 heteroatoms. The van der Waals surface area contributed by atoms with Gasteiger partial charge in [0.05, 0.1) is 12.1 Å². The van der Waals surface area contributed by atoms with Gasteiger partial charge in [-0.3, -0.25) is 4.79 Å². The lowest BCUT2D eigenvalue weighted by Gasteiger charge is -2.26. The fourth-order valence-corrected chi connectivity index (χ4v) is 2.86. The number of ether oxygens (including phenoxy) is 1. The maximum Gasteiger partial charge on any atom is 0.323 e. The number of carboxylic acids is 1. The molecule has 3 rings (SSSR count). The van der Waals surface area contributed by atoms with E-state index in [4.69, 9.17) is 15.6 Å². The van der Waals surface area contributed by atoms with Crippen molar-refractivity contribution in [3.8, 4) is 0 Å². The maximum absolute atomic E-state index is 11.1. The molecule has 0 radical (unpaired) electrons. The minimum atomic E-state index is -1.36. The Hall–Kier alpha value is -1.89. The van der Waals surface area contributed by atoms with Crippen LogP contribution in [0.4, 0.5) is 0 Å². The number of aliphatic hydroxyl groups excluding tert-OH is 1. The second kappa shape index (κ2) is 5.08. The summed E-state index contributed by atoms with van der Waals surface area (Å²) in [7, 11) is 0. The number of aliphatic hydroxyl groups is 1. The van der Waals surface area contributed by atoms with Crippen molar-refractivity contribution in [2.45, 2.75) is 37.6 Å². The van der Waals surface area contributed by atoms with Crippen molar-refractivity contribution >= 4 is 16.9 Å². The Labute approximate surface area is 128 Å². The van der Waals surface area contributed by atoms with Crippen LogP contribution in [0.15, 0.2) is 30.5 Å². The Kier molecular flexibility index (Phi) is 3.47. The summed E-state index contributed by atoms with van der Waals surface area (Å²) in [6.45, 7) is 4.82. The van der Waals surface area contributed by atoms with Crippen molar-refractivity contribution in [2.24, 2.45) is 5.73 Å². The molecular weight excluding hydrogens is 284 g/mol. The summed E-state index contributed by atoms with van der Waals surface area (Å²) < 4.78 is 7.46. The lowest BCUT2D eigenvalue weighted by atomic mass is 10.0. The molecular formula is C16H20N2O4. The molecule has 0 bridgehead atoms. The number of para-hydroxylation sites is 1. The van der Waals surface area contributed by atoms with Gasteiger partial charge >= 0.3 is 5.97 Å². The number of nitrogens with zero attached hydrogens (tertiary/aromatic N) is 1. The Morgan fingerprint density at radius 2 is 2.09 bits per heavy atom. The van der Waals surface area contributed by atoms with E-state index in [9.17, 15) is 9.90 Å². The first-order chi connectivity index (χ1) is 10.3. The van der Waals surface area contributed by atoms with Crippen LogP contribution in [0.25, 0.3) is 10.9 Å². The lowest BCUT2D eigenvalue weighted by Crippen LogP contribution is -2.36.